The summed E-state index contributed by atoms with van der Waals surface area (Å²) in [4.78, 5) is 33.5. The summed E-state index contributed by atoms with van der Waals surface area (Å²) < 4.78 is 21.9. The molecule has 4 atom stereocenters. The number of carbonyl (C=O) groups is 3. The molecule has 0 fully saturated rings. The van der Waals surface area contributed by atoms with Gasteiger partial charge in [0, 0.05) is 22.3 Å². The maximum absolute atomic E-state index is 11.8. The summed E-state index contributed by atoms with van der Waals surface area (Å²) in [5.74, 6) is 1.08. The molecule has 272 valence electrons. The van der Waals surface area contributed by atoms with Crippen LogP contribution in [-0.4, -0.2) is 33.3 Å². The average Bonchev–Trinajstić information content (AvgIpc) is 3.13. The number of allylic oxidation sites excluding steroid dienone is 4. The molecular formula is C43H54O7Si. The highest BCUT2D eigenvalue weighted by atomic mass is 28.4. The highest BCUT2D eigenvalue weighted by molar-refractivity contribution is 6.70. The van der Waals surface area contributed by atoms with Crippen LogP contribution in [0.1, 0.15) is 75.2 Å². The number of methoxy groups -OCH3 is 1. The van der Waals surface area contributed by atoms with Crippen LogP contribution in [-0.2, 0) is 28.2 Å². The van der Waals surface area contributed by atoms with Crippen LogP contribution >= 0.6 is 0 Å². The first-order chi connectivity index (χ1) is 24.2. The van der Waals surface area contributed by atoms with E-state index < -0.39 is 8.32 Å². The van der Waals surface area contributed by atoms with Crippen molar-refractivity contribution in [3.05, 3.63) is 155 Å². The zero-order chi connectivity index (χ0) is 38.0. The number of hydrogen-bond acceptors (Lipinski definition) is 7. The number of aldehydes is 1. The summed E-state index contributed by atoms with van der Waals surface area (Å²) in [6.07, 6.45) is 7.38. The molecule has 51 heavy (non-hydrogen) atoms. The first-order valence-corrected chi connectivity index (χ1v) is 20.5. The molecule has 0 amide bonds. The van der Waals surface area contributed by atoms with Crippen molar-refractivity contribution < 1.29 is 33.0 Å². The Kier molecular flexibility index (Phi) is 17.6. The van der Waals surface area contributed by atoms with Crippen molar-refractivity contribution in [2.75, 3.05) is 7.11 Å². The Morgan fingerprint density at radius 1 is 0.706 bits per heavy atom. The molecule has 2 aliphatic heterocycles. The summed E-state index contributed by atoms with van der Waals surface area (Å²) in [5.41, 5.74) is 5.29. The fourth-order valence-corrected chi connectivity index (χ4v) is 6.12. The van der Waals surface area contributed by atoms with E-state index in [9.17, 15) is 14.4 Å². The standard InChI is InChI=1S/2C13H14O2.C10H20O2Si.C7H6O/c2*1-9-8-15-13(10(2)12(9)14)11-6-4-3-5-7-11;1-7-10(9(2)8-11-3)12-13(4,5)6;8-6-7-4-2-1-3-5-7/h2*3-8,10,13H,1-2H3;7-8H,1-6H3;1-6H/b;;9-8+,10-7-;/t10-,13+;10-,13-;;/m00../s1. The molecule has 0 radical (unpaired) electrons. The quantitative estimate of drug-likeness (QED) is 0.104. The lowest BCUT2D eigenvalue weighted by molar-refractivity contribution is -0.125. The van der Waals surface area contributed by atoms with Crippen LogP contribution in [0.3, 0.4) is 0 Å². The van der Waals surface area contributed by atoms with E-state index in [1.807, 2.05) is 113 Å². The Morgan fingerprint density at radius 2 is 1.10 bits per heavy atom. The highest BCUT2D eigenvalue weighted by Crippen LogP contribution is 2.33. The largest absolute Gasteiger partial charge is 0.544 e. The summed E-state index contributed by atoms with van der Waals surface area (Å²) in [5, 5.41) is 0. The van der Waals surface area contributed by atoms with Gasteiger partial charge in [0.2, 0.25) is 8.32 Å². The summed E-state index contributed by atoms with van der Waals surface area (Å²) in [6.45, 7) is 17.9. The third-order valence-electron chi connectivity index (χ3n) is 7.85. The van der Waals surface area contributed by atoms with Crippen molar-refractivity contribution in [3.63, 3.8) is 0 Å². The van der Waals surface area contributed by atoms with Crippen LogP contribution in [0, 0.1) is 11.8 Å². The third-order valence-corrected chi connectivity index (χ3v) is 8.68. The van der Waals surface area contributed by atoms with Crippen molar-refractivity contribution in [1.29, 1.82) is 0 Å². The predicted molar refractivity (Wildman–Crippen MR) is 207 cm³/mol. The van der Waals surface area contributed by atoms with Gasteiger partial charge in [-0.3, -0.25) is 14.4 Å². The lowest BCUT2D eigenvalue weighted by Gasteiger charge is -2.27. The van der Waals surface area contributed by atoms with Gasteiger partial charge in [-0.05, 0) is 64.5 Å². The van der Waals surface area contributed by atoms with E-state index in [2.05, 4.69) is 19.6 Å². The van der Waals surface area contributed by atoms with Gasteiger partial charge in [0.05, 0.1) is 37.7 Å². The van der Waals surface area contributed by atoms with Crippen LogP contribution in [0.2, 0.25) is 19.6 Å². The normalized spacial score (nSPS) is 20.1. The van der Waals surface area contributed by atoms with Crippen LogP contribution in [0.4, 0.5) is 0 Å². The van der Waals surface area contributed by atoms with Crippen molar-refractivity contribution in [1.82, 2.24) is 0 Å². The van der Waals surface area contributed by atoms with Gasteiger partial charge in [0.25, 0.3) is 0 Å². The smallest absolute Gasteiger partial charge is 0.242 e. The van der Waals surface area contributed by atoms with Crippen molar-refractivity contribution in [2.24, 2.45) is 11.8 Å². The van der Waals surface area contributed by atoms with Gasteiger partial charge in [-0.25, -0.2) is 0 Å². The lowest BCUT2D eigenvalue weighted by atomic mass is 9.89. The zero-order valence-corrected chi connectivity index (χ0v) is 32.7. The molecule has 0 saturated carbocycles. The zero-order valence-electron chi connectivity index (χ0n) is 31.7. The van der Waals surface area contributed by atoms with Gasteiger partial charge in [0.15, 0.2) is 11.6 Å². The predicted octanol–water partition coefficient (Wildman–Crippen LogP) is 10.5. The number of benzene rings is 3. The molecule has 0 aliphatic carbocycles. The van der Waals surface area contributed by atoms with Crippen molar-refractivity contribution >= 4 is 26.2 Å². The molecule has 0 bridgehead atoms. The van der Waals surface area contributed by atoms with E-state index in [-0.39, 0.29) is 35.6 Å². The van der Waals surface area contributed by atoms with Crippen LogP contribution in [0.25, 0.3) is 0 Å². The molecule has 3 aromatic carbocycles. The molecule has 0 unspecified atom stereocenters. The molecule has 2 aliphatic rings. The van der Waals surface area contributed by atoms with E-state index in [1.54, 1.807) is 51.9 Å². The van der Waals surface area contributed by atoms with Crippen LogP contribution < -0.4 is 0 Å². The Bertz CT molecular complexity index is 1570. The SMILES string of the molecule is C/C=C(O[Si](C)(C)C)/C(C)=C/OC.CC1=CO[C@@H](c2ccccc2)[C@@H](C)C1=O.CC1=CO[C@H](c2ccccc2)[C@@H](C)C1=O.O=Cc1ccccc1. The molecule has 0 spiro atoms. The first-order valence-electron chi connectivity index (χ1n) is 17.1. The number of hydrogen-bond donors (Lipinski definition) is 0. The number of ether oxygens (including phenoxy) is 3. The Labute approximate surface area is 305 Å². The number of carbonyl (C=O) groups excluding carboxylic acids is 3. The summed E-state index contributed by atoms with van der Waals surface area (Å²) in [7, 11) is 0.146. The minimum absolute atomic E-state index is 0.0996. The second kappa shape index (κ2) is 21.3. The fourth-order valence-electron chi connectivity index (χ4n) is 5.18. The van der Waals surface area contributed by atoms with E-state index in [1.165, 1.54) is 0 Å². The maximum Gasteiger partial charge on any atom is 0.242 e. The number of ketones is 2. The van der Waals surface area contributed by atoms with E-state index in [0.29, 0.717) is 11.1 Å². The topological polar surface area (TPSA) is 88.1 Å². The monoisotopic (exact) mass is 710 g/mol. The van der Waals surface area contributed by atoms with Gasteiger partial charge in [-0.1, -0.05) is 105 Å². The van der Waals surface area contributed by atoms with Gasteiger partial charge < -0.3 is 18.6 Å². The van der Waals surface area contributed by atoms with Crippen molar-refractivity contribution in [2.45, 2.75) is 73.4 Å². The third kappa shape index (κ3) is 14.1. The molecule has 0 saturated heterocycles. The van der Waals surface area contributed by atoms with E-state index in [0.717, 1.165) is 34.3 Å². The second-order valence-corrected chi connectivity index (χ2v) is 17.7. The molecule has 3 aromatic rings. The molecule has 7 nitrogen and oxygen atoms in total. The molecule has 0 N–H and O–H groups in total. The minimum atomic E-state index is -1.50. The van der Waals surface area contributed by atoms with Crippen LogP contribution in [0.15, 0.2) is 138 Å². The molecule has 8 heteroatoms. The number of rotatable bonds is 7. The van der Waals surface area contributed by atoms with E-state index in [4.69, 9.17) is 18.6 Å². The Hall–Kier alpha value is -4.95. The summed E-state index contributed by atoms with van der Waals surface area (Å²) >= 11 is 0. The second-order valence-electron chi connectivity index (χ2n) is 13.3. The first kappa shape index (κ1) is 42.2. The van der Waals surface area contributed by atoms with Gasteiger partial charge in [-0.2, -0.15) is 0 Å². The molecule has 0 aromatic heterocycles. The Balaban J connectivity index is 0.000000241. The van der Waals surface area contributed by atoms with Gasteiger partial charge in [0.1, 0.15) is 24.3 Å². The summed E-state index contributed by atoms with van der Waals surface area (Å²) in [6, 6.07) is 28.8. The molecule has 5 rings (SSSR count). The van der Waals surface area contributed by atoms with Gasteiger partial charge in [-0.15, -0.1) is 0 Å². The van der Waals surface area contributed by atoms with Crippen molar-refractivity contribution in [3.8, 4) is 0 Å². The average molecular weight is 711 g/mol. The molecule has 2 heterocycles. The lowest BCUT2D eigenvalue weighted by Crippen LogP contribution is -2.25. The minimum Gasteiger partial charge on any atom is -0.544 e. The van der Waals surface area contributed by atoms with Gasteiger partial charge >= 0.3 is 0 Å². The molecular weight excluding hydrogens is 657 g/mol. The number of Topliss-reactive ketones (excluding diaryl/α,β-unsaturated/α-hetero) is 2. The van der Waals surface area contributed by atoms with E-state index >= 15 is 0 Å². The maximum atomic E-state index is 11.8. The van der Waals surface area contributed by atoms with Crippen LogP contribution in [0.5, 0.6) is 0 Å². The highest BCUT2D eigenvalue weighted by Gasteiger charge is 2.31. The Morgan fingerprint density at radius 3 is 1.41 bits per heavy atom. The fraction of sp³-hybridized carbons (Fsp3) is 0.326.